The van der Waals surface area contributed by atoms with Gasteiger partial charge in [0.25, 0.3) is 0 Å². The van der Waals surface area contributed by atoms with Crippen molar-refractivity contribution >= 4 is 34.4 Å². The Kier molecular flexibility index (Phi) is 14.0. The summed E-state index contributed by atoms with van der Waals surface area (Å²) in [6.45, 7) is 8.19. The third kappa shape index (κ3) is 8.60. The third-order valence-electron chi connectivity index (χ3n) is 14.6. The number of likely N-dealkylation sites (N-methyl/N-ethyl adjacent to an activating group) is 1. The standard InChI is InChI=1S/C46H66N2O10S2/c1-10-26-13-11-14-34(58-37-17-16-33(48(5)6)24(3)54-37)23(2)40(50)31-21-29-28-19-27(57-46-43(53-9)42(52-8)41(51-7)25(4)55-46)20-32(28)44-39(38(29)30(31)22-36(49)56-26)47-45(60-44)35-15-12-18-59-35/h12,15,18,21,23-30,32-34,37-38,41-43,46H,10-11,13-14,16-17,19-20,22H2,1-9H3/t23-,24-,25+,26+,27+,28+,29+,30-,32-,33+,34+,37+,38-,41+,42-,43-,46+/m1/s1. The lowest BCUT2D eigenvalue weighted by Crippen LogP contribution is -2.59. The van der Waals surface area contributed by atoms with Crippen LogP contribution >= 0.6 is 22.7 Å². The second kappa shape index (κ2) is 18.9. The number of carbonyl (C=O) groups excluding carboxylic acids is 2. The normalized spacial score (nSPS) is 41.1. The van der Waals surface area contributed by atoms with Crippen molar-refractivity contribution in [1.29, 1.82) is 0 Å². The number of ether oxygens (including phenoxy) is 8. The largest absolute Gasteiger partial charge is 0.462 e. The molecule has 3 saturated heterocycles. The fourth-order valence-corrected chi connectivity index (χ4v) is 13.7. The highest BCUT2D eigenvalue weighted by Gasteiger charge is 2.57. The molecule has 6 aliphatic rings. The maximum Gasteiger partial charge on any atom is 0.306 e. The van der Waals surface area contributed by atoms with Crippen LogP contribution in [0.5, 0.6) is 0 Å². The Bertz CT molecular complexity index is 1820. The lowest BCUT2D eigenvalue weighted by Gasteiger charge is -2.44. The van der Waals surface area contributed by atoms with E-state index in [0.29, 0.717) is 12.5 Å². The van der Waals surface area contributed by atoms with Gasteiger partial charge in [-0.15, -0.1) is 22.7 Å². The van der Waals surface area contributed by atoms with Gasteiger partial charge in [-0.25, -0.2) is 4.98 Å². The van der Waals surface area contributed by atoms with Gasteiger partial charge >= 0.3 is 5.97 Å². The van der Waals surface area contributed by atoms with Gasteiger partial charge < -0.3 is 42.8 Å². The van der Waals surface area contributed by atoms with Gasteiger partial charge in [-0.2, -0.15) is 0 Å². The quantitative estimate of drug-likeness (QED) is 0.217. The number of aromatic nitrogens is 1. The number of Topliss-reactive ketones (excluding diaryl/α,β-unsaturated/α-hetero) is 1. The molecular weight excluding hydrogens is 805 g/mol. The number of carbonyl (C=O) groups is 2. The van der Waals surface area contributed by atoms with E-state index in [1.807, 2.05) is 13.8 Å². The van der Waals surface area contributed by atoms with E-state index in [1.165, 1.54) is 4.88 Å². The molecule has 0 unspecified atom stereocenters. The molecule has 0 amide bonds. The van der Waals surface area contributed by atoms with Crippen molar-refractivity contribution in [3.8, 4) is 9.88 Å². The van der Waals surface area contributed by atoms with Crippen LogP contribution < -0.4 is 0 Å². The molecule has 5 heterocycles. The highest BCUT2D eigenvalue weighted by molar-refractivity contribution is 7.21. The average Bonchev–Trinajstić information content (AvgIpc) is 4.05. The molecule has 17 atom stereocenters. The van der Waals surface area contributed by atoms with Gasteiger partial charge in [0.05, 0.1) is 41.4 Å². The second-order valence-electron chi connectivity index (χ2n) is 18.2. The lowest BCUT2D eigenvalue weighted by atomic mass is 9.67. The molecule has 0 spiro atoms. The van der Waals surface area contributed by atoms with Crippen LogP contribution in [-0.2, 0) is 47.5 Å². The topological polar surface area (TPSA) is 124 Å². The zero-order chi connectivity index (χ0) is 42.4. The number of fused-ring (bicyclic) bond motifs is 8. The van der Waals surface area contributed by atoms with Crippen LogP contribution in [-0.4, -0.2) is 125 Å². The molecule has 60 heavy (non-hydrogen) atoms. The number of nitrogens with zero attached hydrogens (tertiary/aromatic N) is 2. The number of thiazole rings is 1. The van der Waals surface area contributed by atoms with Crippen molar-refractivity contribution in [3.05, 3.63) is 39.7 Å². The van der Waals surface area contributed by atoms with E-state index in [2.05, 4.69) is 56.4 Å². The molecule has 8 rings (SSSR count). The van der Waals surface area contributed by atoms with E-state index in [4.69, 9.17) is 42.9 Å². The summed E-state index contributed by atoms with van der Waals surface area (Å²) in [5.41, 5.74) is 1.74. The van der Waals surface area contributed by atoms with E-state index in [9.17, 15) is 4.79 Å². The molecule has 14 heteroatoms. The molecule has 0 aromatic carbocycles. The summed E-state index contributed by atoms with van der Waals surface area (Å²) in [6.07, 6.45) is 5.50. The number of esters is 1. The monoisotopic (exact) mass is 870 g/mol. The van der Waals surface area contributed by atoms with Gasteiger partial charge in [0.15, 0.2) is 18.4 Å². The SMILES string of the molecule is CC[C@H]1CCC[C@H](O[C@H]2CC[C@H](N(C)C)[C@@H](C)O2)[C@@H](C)C(=O)C2=C[C@H]3[C@@H]4C[C@H](O[C@@H]5O[C@@H](C)[C@H](OC)[C@@H](OC)[C@H]5OC)C[C@H]4c4sc(-c5cccs5)nc4[C@H]3[C@@H]2CC(=O)O1. The van der Waals surface area contributed by atoms with Crippen LogP contribution in [0, 0.1) is 23.7 Å². The highest BCUT2D eigenvalue weighted by atomic mass is 32.1. The molecular formula is C46H66N2O10S2. The van der Waals surface area contributed by atoms with Gasteiger partial charge in [-0.1, -0.05) is 26.0 Å². The number of methoxy groups -OCH3 is 3. The Morgan fingerprint density at radius 3 is 2.37 bits per heavy atom. The summed E-state index contributed by atoms with van der Waals surface area (Å²) < 4.78 is 50.5. The number of rotatable bonds is 10. The first-order valence-corrected chi connectivity index (χ1v) is 24.0. The third-order valence-corrected chi connectivity index (χ3v) is 16.9. The Morgan fingerprint density at radius 1 is 0.900 bits per heavy atom. The van der Waals surface area contributed by atoms with E-state index in [-0.39, 0.29) is 96.8 Å². The number of hydrogen-bond donors (Lipinski definition) is 0. The van der Waals surface area contributed by atoms with E-state index >= 15 is 4.79 Å². The molecule has 2 aromatic rings. The van der Waals surface area contributed by atoms with Crippen LogP contribution in [0.4, 0.5) is 0 Å². The van der Waals surface area contributed by atoms with Gasteiger partial charge in [0.1, 0.15) is 29.4 Å². The van der Waals surface area contributed by atoms with E-state index in [0.717, 1.165) is 66.1 Å². The van der Waals surface area contributed by atoms with Crippen LogP contribution in [0.1, 0.15) is 108 Å². The number of ketones is 1. The fraction of sp³-hybridized carbons (Fsp3) is 0.761. The molecule has 3 aliphatic carbocycles. The predicted octanol–water partition coefficient (Wildman–Crippen LogP) is 7.75. The van der Waals surface area contributed by atoms with Crippen molar-refractivity contribution in [3.63, 3.8) is 0 Å². The van der Waals surface area contributed by atoms with Gasteiger partial charge in [-0.3, -0.25) is 9.59 Å². The molecule has 4 fully saturated rings. The zero-order valence-electron chi connectivity index (χ0n) is 36.8. The first-order chi connectivity index (χ1) is 28.9. The van der Waals surface area contributed by atoms with Gasteiger partial charge in [0.2, 0.25) is 0 Å². The first-order valence-electron chi connectivity index (χ1n) is 22.3. The molecule has 1 saturated carbocycles. The highest BCUT2D eigenvalue weighted by Crippen LogP contribution is 2.63. The first kappa shape index (κ1) is 44.5. The minimum atomic E-state index is -0.646. The van der Waals surface area contributed by atoms with E-state index < -0.39 is 18.3 Å². The summed E-state index contributed by atoms with van der Waals surface area (Å²) in [6, 6.07) is 4.50. The zero-order valence-corrected chi connectivity index (χ0v) is 38.4. The van der Waals surface area contributed by atoms with Crippen LogP contribution in [0.25, 0.3) is 9.88 Å². The minimum absolute atomic E-state index is 0.00989. The predicted molar refractivity (Wildman–Crippen MR) is 229 cm³/mol. The van der Waals surface area contributed by atoms with Crippen molar-refractivity contribution < 1.29 is 47.5 Å². The second-order valence-corrected chi connectivity index (χ2v) is 20.2. The Labute approximate surface area is 363 Å². The Morgan fingerprint density at radius 2 is 1.68 bits per heavy atom. The van der Waals surface area contributed by atoms with Crippen LogP contribution in [0.2, 0.25) is 0 Å². The summed E-state index contributed by atoms with van der Waals surface area (Å²) >= 11 is 3.44. The number of thiophene rings is 1. The fourth-order valence-electron chi connectivity index (χ4n) is 11.6. The number of allylic oxidation sites excluding steroid dienone is 2. The summed E-state index contributed by atoms with van der Waals surface area (Å²) in [7, 11) is 9.17. The summed E-state index contributed by atoms with van der Waals surface area (Å²) in [4.78, 5) is 39.2. The molecule has 0 radical (unpaired) electrons. The smallest absolute Gasteiger partial charge is 0.306 e. The minimum Gasteiger partial charge on any atom is -0.462 e. The van der Waals surface area contributed by atoms with E-state index in [1.54, 1.807) is 44.0 Å². The van der Waals surface area contributed by atoms with Crippen LogP contribution in [0.15, 0.2) is 29.2 Å². The number of cyclic esters (lactones) is 1. The lowest BCUT2D eigenvalue weighted by molar-refractivity contribution is -0.314. The maximum atomic E-state index is 15.2. The number of hydrogen-bond acceptors (Lipinski definition) is 14. The van der Waals surface area contributed by atoms with Crippen molar-refractivity contribution in [2.75, 3.05) is 35.4 Å². The summed E-state index contributed by atoms with van der Waals surface area (Å²) in [5.74, 6) is -0.797. The van der Waals surface area contributed by atoms with Gasteiger partial charge in [-0.05, 0) is 108 Å². The summed E-state index contributed by atoms with van der Waals surface area (Å²) in [5, 5.41) is 3.07. The average molecular weight is 871 g/mol. The molecule has 12 nitrogen and oxygen atoms in total. The Balaban J connectivity index is 1.12. The van der Waals surface area contributed by atoms with Crippen molar-refractivity contribution in [2.24, 2.45) is 23.7 Å². The molecule has 0 N–H and O–H groups in total. The molecule has 2 aromatic heterocycles. The van der Waals surface area contributed by atoms with Crippen LogP contribution in [0.3, 0.4) is 0 Å². The van der Waals surface area contributed by atoms with Gasteiger partial charge in [0, 0.05) is 55.9 Å². The van der Waals surface area contributed by atoms with Crippen molar-refractivity contribution in [2.45, 2.75) is 165 Å². The Hall–Kier alpha value is -2.11. The van der Waals surface area contributed by atoms with Crippen molar-refractivity contribution in [1.82, 2.24) is 9.88 Å². The molecule has 3 aliphatic heterocycles. The molecule has 332 valence electrons. The molecule has 0 bridgehead atoms. The maximum absolute atomic E-state index is 15.2.